The number of carbonyl (C=O) groups excluding carboxylic acids is 1. The smallest absolute Gasteiger partial charge is 0.338 e. The average molecular weight is 438 g/mol. The van der Waals surface area contributed by atoms with Gasteiger partial charge in [0.1, 0.15) is 22.5 Å². The number of unbranched alkanes of at least 4 members (excludes halogenated alkanes) is 2. The third-order valence-corrected chi connectivity index (χ3v) is 6.20. The Morgan fingerprint density at radius 1 is 1.03 bits per heavy atom. The van der Waals surface area contributed by atoms with Crippen LogP contribution in [0.25, 0.3) is 16.7 Å². The van der Waals surface area contributed by atoms with Crippen LogP contribution in [0.15, 0.2) is 30.3 Å². The molecule has 0 unspecified atom stereocenters. The van der Waals surface area contributed by atoms with E-state index in [9.17, 15) is 9.90 Å². The van der Waals surface area contributed by atoms with Crippen LogP contribution in [0.1, 0.15) is 88.2 Å². The number of aromatic nitrogens is 3. The monoisotopic (exact) mass is 437 g/mol. The minimum atomic E-state index is -0.355. The number of aromatic hydroxyl groups is 1. The van der Waals surface area contributed by atoms with Crippen molar-refractivity contribution in [2.75, 3.05) is 6.61 Å². The van der Waals surface area contributed by atoms with Gasteiger partial charge in [0.25, 0.3) is 0 Å². The first-order valence-electron chi connectivity index (χ1n) is 11.7. The standard InChI is InChI=1S/C26H35N3O3/c1-6-9-11-18-15-20(26(4,5)8-3)17-23(24(18)30)29-27-21-13-12-19(16-22(21)28-29)25(31)32-14-10-7-2/h12-13,15-17,30H,6-11,14H2,1-5H3. The zero-order valence-electron chi connectivity index (χ0n) is 19.9. The summed E-state index contributed by atoms with van der Waals surface area (Å²) in [4.78, 5) is 13.8. The molecule has 0 bridgehead atoms. The first-order valence-corrected chi connectivity index (χ1v) is 11.7. The molecule has 1 aromatic heterocycles. The highest BCUT2D eigenvalue weighted by molar-refractivity contribution is 5.93. The largest absolute Gasteiger partial charge is 0.505 e. The second-order valence-corrected chi connectivity index (χ2v) is 9.03. The Labute approximate surface area is 190 Å². The van der Waals surface area contributed by atoms with E-state index in [0.717, 1.165) is 49.7 Å². The van der Waals surface area contributed by atoms with Gasteiger partial charge in [-0.3, -0.25) is 0 Å². The summed E-state index contributed by atoms with van der Waals surface area (Å²) in [5.41, 5.74) is 4.30. The van der Waals surface area contributed by atoms with Crippen molar-refractivity contribution in [3.63, 3.8) is 0 Å². The van der Waals surface area contributed by atoms with Crippen molar-refractivity contribution in [2.45, 2.75) is 78.6 Å². The molecule has 0 fully saturated rings. The Bertz CT molecular complexity index is 1090. The lowest BCUT2D eigenvalue weighted by molar-refractivity contribution is 0.0500. The van der Waals surface area contributed by atoms with Crippen molar-refractivity contribution in [3.8, 4) is 11.4 Å². The minimum Gasteiger partial charge on any atom is -0.505 e. The van der Waals surface area contributed by atoms with Gasteiger partial charge in [-0.15, -0.1) is 15.0 Å². The molecule has 0 saturated heterocycles. The topological polar surface area (TPSA) is 77.2 Å². The summed E-state index contributed by atoms with van der Waals surface area (Å²) in [5.74, 6) is -0.139. The third-order valence-electron chi connectivity index (χ3n) is 6.20. The number of hydrogen-bond donors (Lipinski definition) is 1. The fourth-order valence-electron chi connectivity index (χ4n) is 3.52. The lowest BCUT2D eigenvalue weighted by Gasteiger charge is -2.25. The molecule has 3 aromatic rings. The van der Waals surface area contributed by atoms with Crippen LogP contribution in [0, 0.1) is 0 Å². The molecule has 0 saturated carbocycles. The van der Waals surface area contributed by atoms with Crippen molar-refractivity contribution in [1.82, 2.24) is 15.0 Å². The van der Waals surface area contributed by atoms with Gasteiger partial charge in [-0.25, -0.2) is 4.79 Å². The molecule has 172 valence electrons. The van der Waals surface area contributed by atoms with Crippen LogP contribution in [0.2, 0.25) is 0 Å². The second-order valence-electron chi connectivity index (χ2n) is 9.03. The Morgan fingerprint density at radius 3 is 2.44 bits per heavy atom. The van der Waals surface area contributed by atoms with E-state index in [1.165, 1.54) is 4.80 Å². The first kappa shape index (κ1) is 23.8. The Hall–Kier alpha value is -2.89. The van der Waals surface area contributed by atoms with Gasteiger partial charge in [-0.1, -0.05) is 53.5 Å². The van der Waals surface area contributed by atoms with Crippen molar-refractivity contribution in [1.29, 1.82) is 0 Å². The predicted molar refractivity (Wildman–Crippen MR) is 128 cm³/mol. The van der Waals surface area contributed by atoms with Gasteiger partial charge in [-0.05, 0) is 66.5 Å². The number of nitrogens with zero attached hydrogens (tertiary/aromatic N) is 3. The van der Waals surface area contributed by atoms with Gasteiger partial charge < -0.3 is 9.84 Å². The Kier molecular flexibility index (Phi) is 7.54. The lowest BCUT2D eigenvalue weighted by atomic mass is 9.81. The quantitative estimate of drug-likeness (QED) is 0.306. The normalized spacial score (nSPS) is 11.8. The molecule has 32 heavy (non-hydrogen) atoms. The molecule has 0 aliphatic carbocycles. The zero-order chi connectivity index (χ0) is 23.3. The van der Waals surface area contributed by atoms with Gasteiger partial charge in [0.15, 0.2) is 0 Å². The molecule has 6 nitrogen and oxygen atoms in total. The summed E-state index contributed by atoms with van der Waals surface area (Å²) in [7, 11) is 0. The summed E-state index contributed by atoms with van der Waals surface area (Å²) in [6.07, 6.45) is 5.64. The summed E-state index contributed by atoms with van der Waals surface area (Å²) in [6, 6.07) is 9.27. The van der Waals surface area contributed by atoms with Gasteiger partial charge >= 0.3 is 5.97 Å². The van der Waals surface area contributed by atoms with Gasteiger partial charge in [0.2, 0.25) is 0 Å². The van der Waals surface area contributed by atoms with E-state index in [4.69, 9.17) is 4.74 Å². The fraction of sp³-hybridized carbons (Fsp3) is 0.500. The molecule has 1 heterocycles. The number of benzene rings is 2. The van der Waals surface area contributed by atoms with Gasteiger partial charge in [0, 0.05) is 0 Å². The number of phenolic OH excluding ortho intramolecular Hbond substituents is 1. The van der Waals surface area contributed by atoms with Crippen LogP contribution in [0.5, 0.6) is 5.75 Å². The number of aryl methyl sites for hydroxylation is 1. The molecule has 0 aliphatic heterocycles. The van der Waals surface area contributed by atoms with Crippen LogP contribution in [0.3, 0.4) is 0 Å². The first-order chi connectivity index (χ1) is 15.3. The molecule has 0 spiro atoms. The van der Waals surface area contributed by atoms with Crippen LogP contribution in [0.4, 0.5) is 0 Å². The van der Waals surface area contributed by atoms with E-state index >= 15 is 0 Å². The maximum Gasteiger partial charge on any atom is 0.338 e. The zero-order valence-corrected chi connectivity index (χ0v) is 19.9. The van der Waals surface area contributed by atoms with Crippen LogP contribution >= 0.6 is 0 Å². The molecule has 0 aliphatic rings. The molecular weight excluding hydrogens is 402 g/mol. The summed E-state index contributed by atoms with van der Waals surface area (Å²) < 4.78 is 5.31. The number of ether oxygens (including phenoxy) is 1. The van der Waals surface area contributed by atoms with Crippen LogP contribution in [-0.2, 0) is 16.6 Å². The number of carbonyl (C=O) groups is 1. The summed E-state index contributed by atoms with van der Waals surface area (Å²) in [5, 5.41) is 20.2. The van der Waals surface area contributed by atoms with Gasteiger partial charge in [-0.2, -0.15) is 0 Å². The van der Waals surface area contributed by atoms with Gasteiger partial charge in [0.05, 0.1) is 12.2 Å². The molecule has 2 aromatic carbocycles. The molecule has 1 N–H and O–H groups in total. The van der Waals surface area contributed by atoms with E-state index in [1.807, 2.05) is 6.07 Å². The summed E-state index contributed by atoms with van der Waals surface area (Å²) >= 11 is 0. The number of rotatable bonds is 10. The Morgan fingerprint density at radius 2 is 1.75 bits per heavy atom. The molecule has 0 atom stereocenters. The Balaban J connectivity index is 2.03. The predicted octanol–water partition coefficient (Wildman–Crippen LogP) is 6.11. The van der Waals surface area contributed by atoms with E-state index in [0.29, 0.717) is 28.9 Å². The average Bonchev–Trinajstić information content (AvgIpc) is 3.21. The highest BCUT2D eigenvalue weighted by Gasteiger charge is 2.23. The van der Waals surface area contributed by atoms with Crippen molar-refractivity contribution >= 4 is 17.0 Å². The SMILES string of the molecule is CCCCOC(=O)c1ccc2nn(-c3cc(C(C)(C)CC)cc(CCCC)c3O)nc2c1. The third kappa shape index (κ3) is 5.12. The number of phenols is 1. The lowest BCUT2D eigenvalue weighted by Crippen LogP contribution is -2.17. The van der Waals surface area contributed by atoms with E-state index in [-0.39, 0.29) is 17.1 Å². The van der Waals surface area contributed by atoms with Crippen molar-refractivity contribution in [3.05, 3.63) is 47.0 Å². The maximum absolute atomic E-state index is 12.3. The highest BCUT2D eigenvalue weighted by Crippen LogP contribution is 2.35. The molecular formula is C26H35N3O3. The van der Waals surface area contributed by atoms with Crippen molar-refractivity contribution < 1.29 is 14.6 Å². The van der Waals surface area contributed by atoms with Crippen LogP contribution < -0.4 is 0 Å². The maximum atomic E-state index is 12.3. The van der Waals surface area contributed by atoms with E-state index in [1.54, 1.807) is 18.2 Å². The number of esters is 1. The second kappa shape index (κ2) is 10.2. The molecule has 6 heteroatoms. The van der Waals surface area contributed by atoms with E-state index < -0.39 is 0 Å². The summed E-state index contributed by atoms with van der Waals surface area (Å²) in [6.45, 7) is 11.2. The number of hydrogen-bond acceptors (Lipinski definition) is 5. The minimum absolute atomic E-state index is 0.0363. The molecule has 3 rings (SSSR count). The fourth-order valence-corrected chi connectivity index (χ4v) is 3.52. The number of fused-ring (bicyclic) bond motifs is 1. The highest BCUT2D eigenvalue weighted by atomic mass is 16.5. The van der Waals surface area contributed by atoms with E-state index in [2.05, 4.69) is 50.9 Å². The molecule has 0 amide bonds. The van der Waals surface area contributed by atoms with Crippen LogP contribution in [-0.4, -0.2) is 32.7 Å². The van der Waals surface area contributed by atoms with Crippen molar-refractivity contribution in [2.24, 2.45) is 0 Å². The molecule has 0 radical (unpaired) electrons.